The summed E-state index contributed by atoms with van der Waals surface area (Å²) in [6.45, 7) is 2.87. The number of rotatable bonds is 4. The first kappa shape index (κ1) is 17.0. The molecule has 25 heavy (non-hydrogen) atoms. The summed E-state index contributed by atoms with van der Waals surface area (Å²) in [5, 5.41) is 0. The SMILES string of the molecule is Cc1cc(CN(C(=O)CCl)C2CCc3ncsc3C2)cc2c1CCC2. The molecule has 0 fully saturated rings. The number of amides is 1. The summed E-state index contributed by atoms with van der Waals surface area (Å²) >= 11 is 7.64. The number of halogens is 1. The zero-order valence-electron chi connectivity index (χ0n) is 14.6. The molecule has 1 unspecified atom stereocenters. The summed E-state index contributed by atoms with van der Waals surface area (Å²) < 4.78 is 0. The summed E-state index contributed by atoms with van der Waals surface area (Å²) in [6.07, 6.45) is 6.46. The number of benzene rings is 1. The first-order chi connectivity index (χ1) is 12.2. The van der Waals surface area contributed by atoms with Gasteiger partial charge in [-0.15, -0.1) is 22.9 Å². The van der Waals surface area contributed by atoms with Gasteiger partial charge in [0.1, 0.15) is 5.88 Å². The lowest BCUT2D eigenvalue weighted by molar-refractivity contribution is -0.131. The van der Waals surface area contributed by atoms with Gasteiger partial charge in [-0.1, -0.05) is 12.1 Å². The van der Waals surface area contributed by atoms with Crippen LogP contribution in [0.3, 0.4) is 0 Å². The van der Waals surface area contributed by atoms with Gasteiger partial charge in [0.2, 0.25) is 5.91 Å². The lowest BCUT2D eigenvalue weighted by Gasteiger charge is -2.34. The van der Waals surface area contributed by atoms with E-state index in [1.165, 1.54) is 52.1 Å². The van der Waals surface area contributed by atoms with Crippen LogP contribution in [-0.4, -0.2) is 27.7 Å². The van der Waals surface area contributed by atoms with E-state index in [0.29, 0.717) is 6.54 Å². The van der Waals surface area contributed by atoms with Gasteiger partial charge in [0.05, 0.1) is 11.2 Å². The summed E-state index contributed by atoms with van der Waals surface area (Å²) in [5.74, 6) is 0.0912. The number of hydrogen-bond acceptors (Lipinski definition) is 3. The standard InChI is InChI=1S/C20H23ClN2OS/c1-13-7-14(8-15-3-2-4-17(13)15)11-23(20(24)10-21)16-5-6-18-19(9-16)25-12-22-18/h7-8,12,16H,2-6,9-11H2,1H3. The molecule has 0 radical (unpaired) electrons. The van der Waals surface area contributed by atoms with E-state index < -0.39 is 0 Å². The Balaban J connectivity index is 1.58. The van der Waals surface area contributed by atoms with Crippen molar-refractivity contribution in [3.63, 3.8) is 0 Å². The second-order valence-corrected chi connectivity index (χ2v) is 8.38. The van der Waals surface area contributed by atoms with E-state index in [0.717, 1.165) is 19.3 Å². The van der Waals surface area contributed by atoms with Crippen molar-refractivity contribution in [2.45, 2.75) is 58.0 Å². The Labute approximate surface area is 158 Å². The van der Waals surface area contributed by atoms with Crippen LogP contribution in [0.15, 0.2) is 17.6 Å². The average Bonchev–Trinajstić information content (AvgIpc) is 3.27. The highest BCUT2D eigenvalue weighted by molar-refractivity contribution is 7.09. The molecule has 4 rings (SSSR count). The fourth-order valence-corrected chi connectivity index (χ4v) is 5.38. The Morgan fingerprint density at radius 1 is 1.36 bits per heavy atom. The molecule has 2 aliphatic carbocycles. The minimum atomic E-state index is 0.0396. The molecule has 2 aromatic rings. The van der Waals surface area contributed by atoms with Crippen molar-refractivity contribution < 1.29 is 4.79 Å². The maximum atomic E-state index is 12.6. The molecule has 0 spiro atoms. The van der Waals surface area contributed by atoms with Crippen molar-refractivity contribution in [3.05, 3.63) is 50.5 Å². The molecule has 0 N–H and O–H groups in total. The number of carbonyl (C=O) groups is 1. The molecule has 0 bridgehead atoms. The highest BCUT2D eigenvalue weighted by Crippen LogP contribution is 2.30. The molecule has 0 saturated carbocycles. The Morgan fingerprint density at radius 3 is 3.08 bits per heavy atom. The smallest absolute Gasteiger partial charge is 0.238 e. The minimum Gasteiger partial charge on any atom is -0.334 e. The van der Waals surface area contributed by atoms with E-state index in [4.69, 9.17) is 11.6 Å². The lowest BCUT2D eigenvalue weighted by atomic mass is 9.95. The monoisotopic (exact) mass is 374 g/mol. The molecule has 0 aliphatic heterocycles. The van der Waals surface area contributed by atoms with E-state index in [9.17, 15) is 4.79 Å². The topological polar surface area (TPSA) is 33.2 Å². The van der Waals surface area contributed by atoms with Gasteiger partial charge in [-0.25, -0.2) is 4.98 Å². The van der Waals surface area contributed by atoms with Crippen LogP contribution in [0.5, 0.6) is 0 Å². The Bertz CT molecular complexity index is 801. The summed E-state index contributed by atoms with van der Waals surface area (Å²) in [6, 6.07) is 4.80. The highest BCUT2D eigenvalue weighted by atomic mass is 35.5. The Kier molecular flexibility index (Phi) is 4.83. The summed E-state index contributed by atoms with van der Waals surface area (Å²) in [7, 11) is 0. The van der Waals surface area contributed by atoms with Crippen LogP contribution in [0.25, 0.3) is 0 Å². The number of nitrogens with zero attached hydrogens (tertiary/aromatic N) is 2. The molecule has 2 aliphatic rings. The van der Waals surface area contributed by atoms with Crippen molar-refractivity contribution in [2.24, 2.45) is 0 Å². The number of aromatic nitrogens is 1. The van der Waals surface area contributed by atoms with Crippen LogP contribution in [-0.2, 0) is 37.0 Å². The van der Waals surface area contributed by atoms with Crippen LogP contribution in [0.2, 0.25) is 0 Å². The molecule has 3 nitrogen and oxygen atoms in total. The van der Waals surface area contributed by atoms with E-state index in [-0.39, 0.29) is 17.8 Å². The number of alkyl halides is 1. The van der Waals surface area contributed by atoms with Gasteiger partial charge in [0.15, 0.2) is 0 Å². The fourth-order valence-electron chi connectivity index (χ4n) is 4.34. The maximum Gasteiger partial charge on any atom is 0.238 e. The first-order valence-corrected chi connectivity index (χ1v) is 10.4. The van der Waals surface area contributed by atoms with Crippen molar-refractivity contribution >= 4 is 28.8 Å². The van der Waals surface area contributed by atoms with Crippen LogP contribution < -0.4 is 0 Å². The maximum absolute atomic E-state index is 12.6. The van der Waals surface area contributed by atoms with Crippen LogP contribution in [0.1, 0.15) is 45.7 Å². The fraction of sp³-hybridized carbons (Fsp3) is 0.500. The van der Waals surface area contributed by atoms with Crippen molar-refractivity contribution in [2.75, 3.05) is 5.88 Å². The predicted molar refractivity (Wildman–Crippen MR) is 102 cm³/mol. The Morgan fingerprint density at radius 2 is 2.24 bits per heavy atom. The second-order valence-electron chi connectivity index (χ2n) is 7.18. The lowest BCUT2D eigenvalue weighted by Crippen LogP contribution is -2.43. The normalized spacial score (nSPS) is 18.7. The van der Waals surface area contributed by atoms with Crippen LogP contribution in [0, 0.1) is 6.92 Å². The van der Waals surface area contributed by atoms with Gasteiger partial charge >= 0.3 is 0 Å². The summed E-state index contributed by atoms with van der Waals surface area (Å²) in [4.78, 5) is 20.3. The molecule has 1 aromatic heterocycles. The molecule has 1 heterocycles. The number of aryl methyl sites for hydroxylation is 3. The number of fused-ring (bicyclic) bond motifs is 2. The molecule has 1 amide bonds. The zero-order chi connectivity index (χ0) is 17.4. The minimum absolute atomic E-state index is 0.0396. The van der Waals surface area contributed by atoms with Crippen LogP contribution >= 0.6 is 22.9 Å². The quantitative estimate of drug-likeness (QED) is 0.756. The van der Waals surface area contributed by atoms with E-state index in [1.54, 1.807) is 11.3 Å². The first-order valence-electron chi connectivity index (χ1n) is 9.03. The van der Waals surface area contributed by atoms with Crippen molar-refractivity contribution in [1.82, 2.24) is 9.88 Å². The average molecular weight is 375 g/mol. The third-order valence-corrected chi connectivity index (χ3v) is 6.71. The number of thiazole rings is 1. The predicted octanol–water partition coefficient (Wildman–Crippen LogP) is 4.07. The largest absolute Gasteiger partial charge is 0.334 e. The van der Waals surface area contributed by atoms with Gasteiger partial charge in [0.25, 0.3) is 0 Å². The van der Waals surface area contributed by atoms with Crippen molar-refractivity contribution in [1.29, 1.82) is 0 Å². The van der Waals surface area contributed by atoms with Crippen LogP contribution in [0.4, 0.5) is 0 Å². The third kappa shape index (κ3) is 3.34. The van der Waals surface area contributed by atoms with Gasteiger partial charge in [0, 0.05) is 23.9 Å². The van der Waals surface area contributed by atoms with Gasteiger partial charge in [-0.2, -0.15) is 0 Å². The second kappa shape index (κ2) is 7.08. The molecular weight excluding hydrogens is 352 g/mol. The van der Waals surface area contributed by atoms with Crippen molar-refractivity contribution in [3.8, 4) is 0 Å². The van der Waals surface area contributed by atoms with E-state index >= 15 is 0 Å². The number of hydrogen-bond donors (Lipinski definition) is 0. The van der Waals surface area contributed by atoms with Gasteiger partial charge < -0.3 is 4.90 Å². The zero-order valence-corrected chi connectivity index (χ0v) is 16.1. The Hall–Kier alpha value is -1.39. The molecule has 1 aromatic carbocycles. The molecular formula is C20H23ClN2OS. The molecule has 0 saturated heterocycles. The number of carbonyl (C=O) groups excluding carboxylic acids is 1. The van der Waals surface area contributed by atoms with Gasteiger partial charge in [-0.3, -0.25) is 4.79 Å². The van der Waals surface area contributed by atoms with E-state index in [1.807, 2.05) is 10.4 Å². The third-order valence-electron chi connectivity index (χ3n) is 5.59. The highest BCUT2D eigenvalue weighted by Gasteiger charge is 2.29. The summed E-state index contributed by atoms with van der Waals surface area (Å²) in [5.41, 5.74) is 8.74. The molecule has 132 valence electrons. The van der Waals surface area contributed by atoms with Gasteiger partial charge in [-0.05, 0) is 61.3 Å². The van der Waals surface area contributed by atoms with E-state index in [2.05, 4.69) is 24.0 Å². The molecule has 5 heteroatoms. The molecule has 1 atom stereocenters.